The molecule has 0 saturated heterocycles. The molecule has 0 bridgehead atoms. The second-order valence-electron chi connectivity index (χ2n) is 4.64. The number of rotatable bonds is 5. The summed E-state index contributed by atoms with van der Waals surface area (Å²) in [6.45, 7) is 4.31. The van der Waals surface area contributed by atoms with Gasteiger partial charge in [-0.15, -0.1) is 11.8 Å². The van der Waals surface area contributed by atoms with E-state index in [9.17, 15) is 4.79 Å². The Labute approximate surface area is 121 Å². The average Bonchev–Trinajstić information content (AvgIpc) is 2.93. The fourth-order valence-electron chi connectivity index (χ4n) is 1.66. The molecular weight excluding hydrogens is 276 g/mol. The SMILES string of the molecule is CC(C)c1cccc(SCc2cc(C(=O)NO)no2)c1. The van der Waals surface area contributed by atoms with E-state index in [1.165, 1.54) is 17.1 Å². The summed E-state index contributed by atoms with van der Waals surface area (Å²) in [5.74, 6) is 0.976. The third-order valence-corrected chi connectivity index (χ3v) is 3.82. The average molecular weight is 292 g/mol. The highest BCUT2D eigenvalue weighted by molar-refractivity contribution is 7.98. The summed E-state index contributed by atoms with van der Waals surface area (Å²) in [6, 6.07) is 9.84. The molecule has 2 aromatic rings. The maximum absolute atomic E-state index is 11.1. The molecular formula is C14H16N2O3S. The predicted octanol–water partition coefficient (Wildman–Crippen LogP) is 3.21. The van der Waals surface area contributed by atoms with Crippen LogP contribution in [0.1, 0.15) is 41.6 Å². The Balaban J connectivity index is 2.00. The third kappa shape index (κ3) is 3.61. The number of hydroxylamine groups is 1. The van der Waals surface area contributed by atoms with Crippen LogP contribution in [0.5, 0.6) is 0 Å². The predicted molar refractivity (Wildman–Crippen MR) is 75.8 cm³/mol. The zero-order valence-electron chi connectivity index (χ0n) is 11.3. The van der Waals surface area contributed by atoms with Crippen LogP contribution in [0.3, 0.4) is 0 Å². The molecule has 0 fully saturated rings. The van der Waals surface area contributed by atoms with Gasteiger partial charge in [-0.3, -0.25) is 10.0 Å². The summed E-state index contributed by atoms with van der Waals surface area (Å²) >= 11 is 1.61. The second-order valence-corrected chi connectivity index (χ2v) is 5.68. The van der Waals surface area contributed by atoms with Gasteiger partial charge in [-0.1, -0.05) is 31.1 Å². The Bertz CT molecular complexity index is 596. The van der Waals surface area contributed by atoms with Crippen molar-refractivity contribution in [3.05, 3.63) is 47.3 Å². The van der Waals surface area contributed by atoms with Gasteiger partial charge in [-0.2, -0.15) is 0 Å². The van der Waals surface area contributed by atoms with Crippen molar-refractivity contribution in [2.24, 2.45) is 0 Å². The Morgan fingerprint density at radius 2 is 2.25 bits per heavy atom. The van der Waals surface area contributed by atoms with Gasteiger partial charge in [0.2, 0.25) is 0 Å². The van der Waals surface area contributed by atoms with Crippen molar-refractivity contribution in [1.82, 2.24) is 10.6 Å². The molecule has 1 amide bonds. The second kappa shape index (κ2) is 6.58. The Kier molecular flexibility index (Phi) is 4.81. The molecule has 6 heteroatoms. The van der Waals surface area contributed by atoms with Crippen LogP contribution in [0.2, 0.25) is 0 Å². The van der Waals surface area contributed by atoms with Gasteiger partial charge in [0.05, 0.1) is 5.75 Å². The van der Waals surface area contributed by atoms with Gasteiger partial charge in [0.25, 0.3) is 5.91 Å². The number of amides is 1. The lowest BCUT2D eigenvalue weighted by Gasteiger charge is -2.06. The lowest BCUT2D eigenvalue weighted by atomic mass is 10.0. The van der Waals surface area contributed by atoms with Gasteiger partial charge in [0, 0.05) is 11.0 Å². The molecule has 0 unspecified atom stereocenters. The van der Waals surface area contributed by atoms with Crippen LogP contribution in [-0.4, -0.2) is 16.3 Å². The molecule has 0 atom stereocenters. The number of benzene rings is 1. The number of carbonyl (C=O) groups excluding carboxylic acids is 1. The van der Waals surface area contributed by atoms with Crippen LogP contribution in [0.25, 0.3) is 0 Å². The largest absolute Gasteiger partial charge is 0.360 e. The molecule has 0 saturated carbocycles. The molecule has 20 heavy (non-hydrogen) atoms. The van der Waals surface area contributed by atoms with Crippen LogP contribution >= 0.6 is 11.8 Å². The standard InChI is InChI=1S/C14H16N2O3S/c1-9(2)10-4-3-5-12(6-10)20-8-11-7-13(16-19-11)14(17)15-18/h3-7,9,18H,8H2,1-2H3,(H,15,17). The van der Waals surface area contributed by atoms with Gasteiger partial charge in [0.15, 0.2) is 5.69 Å². The molecule has 106 valence electrons. The maximum Gasteiger partial charge on any atom is 0.296 e. The smallest absolute Gasteiger partial charge is 0.296 e. The molecule has 1 aromatic heterocycles. The summed E-state index contributed by atoms with van der Waals surface area (Å²) in [7, 11) is 0. The topological polar surface area (TPSA) is 75.4 Å². The van der Waals surface area contributed by atoms with Crippen molar-refractivity contribution in [3.63, 3.8) is 0 Å². The molecule has 0 radical (unpaired) electrons. The molecule has 0 aliphatic carbocycles. The number of hydrogen-bond donors (Lipinski definition) is 2. The number of nitrogens with one attached hydrogen (secondary N) is 1. The lowest BCUT2D eigenvalue weighted by Crippen LogP contribution is -2.18. The van der Waals surface area contributed by atoms with Gasteiger partial charge in [-0.25, -0.2) is 5.48 Å². The van der Waals surface area contributed by atoms with Gasteiger partial charge >= 0.3 is 0 Å². The lowest BCUT2D eigenvalue weighted by molar-refractivity contribution is 0.0696. The minimum Gasteiger partial charge on any atom is -0.360 e. The van der Waals surface area contributed by atoms with Crippen molar-refractivity contribution >= 4 is 17.7 Å². The molecule has 2 N–H and O–H groups in total. The van der Waals surface area contributed by atoms with Gasteiger partial charge in [-0.05, 0) is 23.6 Å². The molecule has 1 heterocycles. The van der Waals surface area contributed by atoms with E-state index in [0.717, 1.165) is 4.90 Å². The van der Waals surface area contributed by atoms with Crippen LogP contribution in [0, 0.1) is 0 Å². The molecule has 0 spiro atoms. The monoisotopic (exact) mass is 292 g/mol. The van der Waals surface area contributed by atoms with Crippen molar-refractivity contribution in [3.8, 4) is 0 Å². The van der Waals surface area contributed by atoms with E-state index in [1.54, 1.807) is 11.8 Å². The quantitative estimate of drug-likeness (QED) is 0.503. The minimum atomic E-state index is -0.674. The van der Waals surface area contributed by atoms with E-state index in [-0.39, 0.29) is 5.69 Å². The zero-order chi connectivity index (χ0) is 14.5. The first-order valence-electron chi connectivity index (χ1n) is 6.23. The minimum absolute atomic E-state index is 0.0685. The van der Waals surface area contributed by atoms with Gasteiger partial charge < -0.3 is 4.52 Å². The van der Waals surface area contributed by atoms with Crippen LogP contribution in [-0.2, 0) is 5.75 Å². The number of hydrogen-bond acceptors (Lipinski definition) is 5. The Hall–Kier alpha value is -1.79. The Morgan fingerprint density at radius 3 is 2.95 bits per heavy atom. The zero-order valence-corrected chi connectivity index (χ0v) is 12.1. The third-order valence-electron chi connectivity index (χ3n) is 2.80. The summed E-state index contributed by atoms with van der Waals surface area (Å²) in [5, 5.41) is 12.1. The maximum atomic E-state index is 11.1. The van der Waals surface area contributed by atoms with E-state index >= 15 is 0 Å². The molecule has 0 aliphatic rings. The van der Waals surface area contributed by atoms with E-state index in [2.05, 4.69) is 31.1 Å². The van der Waals surface area contributed by atoms with E-state index < -0.39 is 5.91 Å². The molecule has 1 aromatic carbocycles. The first kappa shape index (κ1) is 14.6. The molecule has 2 rings (SSSR count). The van der Waals surface area contributed by atoms with Crippen LogP contribution < -0.4 is 5.48 Å². The number of aromatic nitrogens is 1. The number of thioether (sulfide) groups is 1. The Morgan fingerprint density at radius 1 is 1.45 bits per heavy atom. The van der Waals surface area contributed by atoms with Crippen molar-refractivity contribution in [2.45, 2.75) is 30.4 Å². The van der Waals surface area contributed by atoms with E-state index in [0.29, 0.717) is 17.4 Å². The molecule has 0 aliphatic heterocycles. The van der Waals surface area contributed by atoms with Crippen molar-refractivity contribution in [1.29, 1.82) is 0 Å². The fourth-order valence-corrected chi connectivity index (χ4v) is 2.50. The fraction of sp³-hybridized carbons (Fsp3) is 0.286. The highest BCUT2D eigenvalue weighted by atomic mass is 32.2. The van der Waals surface area contributed by atoms with Crippen LogP contribution in [0.15, 0.2) is 39.8 Å². The number of nitrogens with zero attached hydrogens (tertiary/aromatic N) is 1. The van der Waals surface area contributed by atoms with Crippen molar-refractivity contribution in [2.75, 3.05) is 0 Å². The number of carbonyl (C=O) groups is 1. The van der Waals surface area contributed by atoms with Crippen LogP contribution in [0.4, 0.5) is 0 Å². The van der Waals surface area contributed by atoms with E-state index in [1.807, 2.05) is 12.1 Å². The summed E-state index contributed by atoms with van der Waals surface area (Å²) in [5.41, 5.74) is 2.87. The highest BCUT2D eigenvalue weighted by Crippen LogP contribution is 2.26. The first-order chi connectivity index (χ1) is 9.60. The van der Waals surface area contributed by atoms with Crippen molar-refractivity contribution < 1.29 is 14.5 Å². The van der Waals surface area contributed by atoms with E-state index in [4.69, 9.17) is 9.73 Å². The normalized spacial score (nSPS) is 10.8. The first-order valence-corrected chi connectivity index (χ1v) is 7.21. The summed E-state index contributed by atoms with van der Waals surface area (Å²) in [6.07, 6.45) is 0. The molecule has 5 nitrogen and oxygen atoms in total. The highest BCUT2D eigenvalue weighted by Gasteiger charge is 2.11. The van der Waals surface area contributed by atoms with Gasteiger partial charge in [0.1, 0.15) is 5.76 Å². The summed E-state index contributed by atoms with van der Waals surface area (Å²) < 4.78 is 5.04. The summed E-state index contributed by atoms with van der Waals surface area (Å²) in [4.78, 5) is 12.3.